The van der Waals surface area contributed by atoms with Gasteiger partial charge in [0.25, 0.3) is 11.8 Å². The van der Waals surface area contributed by atoms with Gasteiger partial charge in [0.2, 0.25) is 17.6 Å². The summed E-state index contributed by atoms with van der Waals surface area (Å²) in [5, 5.41) is 9.96. The molecular weight excluding hydrogens is 860 g/mol. The van der Waals surface area contributed by atoms with E-state index in [4.69, 9.17) is 39.5 Å². The Morgan fingerprint density at radius 2 is 1.30 bits per heavy atom. The molecule has 2 aliphatic heterocycles. The molecule has 7 rings (SSSR count). The molecular formula is C35H18Cl3F11N2O6. The Morgan fingerprint density at radius 1 is 0.754 bits per heavy atom. The summed E-state index contributed by atoms with van der Waals surface area (Å²) in [7, 11) is 1.05. The van der Waals surface area contributed by atoms with E-state index in [1.165, 1.54) is 6.08 Å². The van der Waals surface area contributed by atoms with Crippen LogP contribution in [0.3, 0.4) is 0 Å². The molecule has 0 bridgehead atoms. The van der Waals surface area contributed by atoms with Gasteiger partial charge in [-0.15, -0.1) is 23.2 Å². The van der Waals surface area contributed by atoms with Gasteiger partial charge in [-0.25, -0.2) is 31.8 Å². The van der Waals surface area contributed by atoms with E-state index >= 15 is 8.78 Å². The average molecular weight is 878 g/mol. The number of fused-ring (bicyclic) bond motifs is 4. The number of halogens is 14. The number of anilines is 2. The summed E-state index contributed by atoms with van der Waals surface area (Å²) in [5.41, 5.74) is -7.35. The second-order valence-corrected chi connectivity index (χ2v) is 15.2. The van der Waals surface area contributed by atoms with Gasteiger partial charge in [0.05, 0.1) is 40.8 Å². The molecule has 2 aliphatic carbocycles. The normalized spacial score (nSPS) is 27.5. The van der Waals surface area contributed by atoms with Crippen LogP contribution in [0.5, 0.6) is 11.5 Å². The zero-order chi connectivity index (χ0) is 42.2. The molecule has 0 radical (unpaired) electrons. The molecule has 6 atom stereocenters. The van der Waals surface area contributed by atoms with Crippen LogP contribution in [0.2, 0.25) is 5.02 Å². The van der Waals surface area contributed by atoms with Gasteiger partial charge in [0.1, 0.15) is 5.69 Å². The number of carbonyl (C=O) groups is 4. The van der Waals surface area contributed by atoms with E-state index in [1.54, 1.807) is 0 Å². The quantitative estimate of drug-likeness (QED) is 0.0704. The summed E-state index contributed by atoms with van der Waals surface area (Å²) < 4.78 is 161. The van der Waals surface area contributed by atoms with Crippen LogP contribution in [-0.4, -0.2) is 45.6 Å². The fourth-order valence-corrected chi connectivity index (χ4v) is 9.33. The van der Waals surface area contributed by atoms with Gasteiger partial charge in [-0.05, 0) is 54.7 Å². The molecule has 0 aromatic heterocycles. The Kier molecular flexibility index (Phi) is 9.21. The number of alkyl halides is 8. The molecule has 3 fully saturated rings. The van der Waals surface area contributed by atoms with Crippen molar-refractivity contribution in [3.8, 4) is 11.5 Å². The summed E-state index contributed by atoms with van der Waals surface area (Å²) >= 11 is 20.2. The molecule has 3 aromatic carbocycles. The first-order valence-corrected chi connectivity index (χ1v) is 17.2. The van der Waals surface area contributed by atoms with Crippen LogP contribution >= 0.6 is 34.8 Å². The molecule has 0 spiro atoms. The largest absolute Gasteiger partial charge is 0.503 e. The molecule has 2 saturated heterocycles. The molecule has 2 heterocycles. The highest BCUT2D eigenvalue weighted by molar-refractivity contribution is 6.58. The Balaban J connectivity index is 1.44. The Hall–Kier alpha value is -4.62. The van der Waals surface area contributed by atoms with E-state index < -0.39 is 155 Å². The van der Waals surface area contributed by atoms with E-state index in [0.717, 1.165) is 19.2 Å². The van der Waals surface area contributed by atoms with Gasteiger partial charge >= 0.3 is 12.4 Å². The third kappa shape index (κ3) is 5.54. The van der Waals surface area contributed by atoms with Crippen molar-refractivity contribution in [1.82, 2.24) is 0 Å². The van der Waals surface area contributed by atoms with Crippen molar-refractivity contribution in [2.75, 3.05) is 16.9 Å². The first kappa shape index (κ1) is 40.6. The van der Waals surface area contributed by atoms with Crippen LogP contribution in [0.15, 0.2) is 42.0 Å². The molecule has 8 nitrogen and oxygen atoms in total. The van der Waals surface area contributed by atoms with Crippen LogP contribution in [0.1, 0.15) is 35.4 Å². The van der Waals surface area contributed by atoms with E-state index in [2.05, 4.69) is 0 Å². The zero-order valence-corrected chi connectivity index (χ0v) is 30.1. The maximum atomic E-state index is 15.3. The molecule has 4 aliphatic rings. The van der Waals surface area contributed by atoms with Crippen molar-refractivity contribution in [2.45, 2.75) is 40.9 Å². The number of benzene rings is 3. The van der Waals surface area contributed by atoms with Gasteiger partial charge in [0.15, 0.2) is 44.5 Å². The molecule has 4 amide bonds. The van der Waals surface area contributed by atoms with Crippen LogP contribution in [0.25, 0.3) is 0 Å². The highest BCUT2D eigenvalue weighted by atomic mass is 35.5. The van der Waals surface area contributed by atoms with Crippen LogP contribution in [0, 0.1) is 46.8 Å². The van der Waals surface area contributed by atoms with E-state index in [-0.39, 0.29) is 34.2 Å². The first-order valence-electron chi connectivity index (χ1n) is 16.0. The monoisotopic (exact) mass is 876 g/mol. The van der Waals surface area contributed by atoms with Gasteiger partial charge in [-0.2, -0.15) is 26.3 Å². The van der Waals surface area contributed by atoms with Crippen molar-refractivity contribution >= 4 is 69.8 Å². The fourth-order valence-electron chi connectivity index (χ4n) is 8.18. The van der Waals surface area contributed by atoms with E-state index in [0.29, 0.717) is 0 Å². The third-order valence-electron chi connectivity index (χ3n) is 10.7. The van der Waals surface area contributed by atoms with Crippen molar-refractivity contribution in [3.05, 3.63) is 92.8 Å². The van der Waals surface area contributed by atoms with Crippen molar-refractivity contribution in [2.24, 2.45) is 17.8 Å². The summed E-state index contributed by atoms with van der Waals surface area (Å²) in [4.78, 5) is 50.4. The van der Waals surface area contributed by atoms with Gasteiger partial charge < -0.3 is 9.84 Å². The number of hydrogen-bond donors (Lipinski definition) is 1. The number of carbonyl (C=O) groups excluding carboxylic acids is 4. The topological polar surface area (TPSA) is 104 Å². The predicted molar refractivity (Wildman–Crippen MR) is 175 cm³/mol. The molecule has 0 unspecified atom stereocenters. The lowest BCUT2D eigenvalue weighted by atomic mass is 9.56. The fraction of sp³-hybridized carbons (Fsp3) is 0.314. The lowest BCUT2D eigenvalue weighted by Gasteiger charge is -2.50. The minimum atomic E-state index is -5.39. The molecule has 57 heavy (non-hydrogen) atoms. The van der Waals surface area contributed by atoms with Crippen molar-refractivity contribution < 1.29 is 77.3 Å². The molecule has 1 N–H and O–H groups in total. The highest BCUT2D eigenvalue weighted by Gasteiger charge is 2.77. The summed E-state index contributed by atoms with van der Waals surface area (Å²) in [5.74, 6) is -27.4. The lowest BCUT2D eigenvalue weighted by Crippen LogP contribution is -2.60. The number of aromatic hydroxyl groups is 1. The van der Waals surface area contributed by atoms with E-state index in [9.17, 15) is 63.8 Å². The second kappa shape index (κ2) is 12.9. The Labute approximate surface area is 326 Å². The number of allylic oxidation sites excluding steroid dienone is 2. The second-order valence-electron chi connectivity index (χ2n) is 13.5. The standard InChI is InChI=1S/C35H18Cl3F11N2O6/c1-57-18-5-10(4-17(36)27(18)52)20-14-2-3-15-19(29(54)50(28(15)53)13-7-11(34(44,45)46)6-12(8-13)35(47,48)49)16(14)9-32(37)30(55)51(31(56)33(20,32)38)26-24(42)22(40)21(39)23(41)25(26)43/h2,4-8,15-16,19-20,52H,3,9H2,1H3/t15-,16+,19-,20-,32+,33-/m0/s1. The number of ether oxygens (including phenoxy) is 1. The maximum absolute atomic E-state index is 15.3. The lowest BCUT2D eigenvalue weighted by molar-refractivity contribution is -0.143. The number of phenols is 1. The average Bonchev–Trinajstić information content (AvgIpc) is 3.48. The van der Waals surface area contributed by atoms with Gasteiger partial charge in [-0.3, -0.25) is 19.2 Å². The van der Waals surface area contributed by atoms with Crippen molar-refractivity contribution in [1.29, 1.82) is 0 Å². The van der Waals surface area contributed by atoms with Gasteiger partial charge in [0, 0.05) is 5.92 Å². The maximum Gasteiger partial charge on any atom is 0.416 e. The van der Waals surface area contributed by atoms with Gasteiger partial charge in [-0.1, -0.05) is 23.3 Å². The predicted octanol–water partition coefficient (Wildman–Crippen LogP) is 8.56. The summed E-state index contributed by atoms with van der Waals surface area (Å²) in [6, 6.07) is 2.02. The molecule has 1 saturated carbocycles. The van der Waals surface area contributed by atoms with Crippen LogP contribution < -0.4 is 14.5 Å². The number of imide groups is 2. The number of rotatable bonds is 4. The SMILES string of the molecule is COc1cc([C@H]2C3=CC[C@@H]4C(=O)N(c5cc(C(F)(F)F)cc(C(F)(F)F)c5)C(=O)[C@@H]4[C@@H]3C[C@@]3(Cl)C(=O)N(c4c(F)c(F)c(F)c(F)c4F)C(=O)[C@@]23Cl)cc(Cl)c1O. The van der Waals surface area contributed by atoms with E-state index in [1.807, 2.05) is 0 Å². The molecule has 22 heteroatoms. The molecule has 302 valence electrons. The zero-order valence-electron chi connectivity index (χ0n) is 27.9. The Bertz CT molecular complexity index is 2330. The number of phenolic OH excluding ortho intramolecular Hbond substituents is 1. The third-order valence-corrected chi connectivity index (χ3v) is 12.4. The highest BCUT2D eigenvalue weighted by Crippen LogP contribution is 2.66. The number of methoxy groups -OCH3 is 1. The smallest absolute Gasteiger partial charge is 0.416 e. The minimum Gasteiger partial charge on any atom is -0.503 e. The van der Waals surface area contributed by atoms with Crippen LogP contribution in [0.4, 0.5) is 59.7 Å². The number of hydrogen-bond acceptors (Lipinski definition) is 6. The van der Waals surface area contributed by atoms with Crippen LogP contribution in [-0.2, 0) is 31.5 Å². The minimum absolute atomic E-state index is 0.0955. The number of nitrogens with zero attached hydrogens (tertiary/aromatic N) is 2. The first-order chi connectivity index (χ1) is 26.3. The molecule has 3 aromatic rings. The number of amides is 4. The summed E-state index contributed by atoms with van der Waals surface area (Å²) in [6.07, 6.45) is -11.1. The summed E-state index contributed by atoms with van der Waals surface area (Å²) in [6.45, 7) is 0. The van der Waals surface area contributed by atoms with Crippen molar-refractivity contribution in [3.63, 3.8) is 0 Å². The Morgan fingerprint density at radius 3 is 1.82 bits per heavy atom.